The van der Waals surface area contributed by atoms with Gasteiger partial charge in [0.05, 0.1) is 0 Å². The number of rotatable bonds is 2. The third-order valence-corrected chi connectivity index (χ3v) is 36.6. The molecule has 0 aromatic heterocycles. The van der Waals surface area contributed by atoms with Crippen LogP contribution >= 0.6 is 31.1 Å². The summed E-state index contributed by atoms with van der Waals surface area (Å²) in [7, 11) is 7.04. The van der Waals surface area contributed by atoms with E-state index in [0.29, 0.717) is 0 Å². The summed E-state index contributed by atoms with van der Waals surface area (Å²) >= 11 is 9.61. The maximum absolute atomic E-state index is 7.04. The first-order valence-corrected chi connectivity index (χ1v) is 17.8. The quantitative estimate of drug-likeness (QED) is 0.352. The molecule has 0 aliphatic carbocycles. The second-order valence-corrected chi connectivity index (χ2v) is 31.8. The second-order valence-electron chi connectivity index (χ2n) is 7.96. The van der Waals surface area contributed by atoms with E-state index in [0.717, 1.165) is 0 Å². The summed E-state index contributed by atoms with van der Waals surface area (Å²) in [4.78, 5) is 0. The molecule has 0 unspecified atom stereocenters. The summed E-state index contributed by atoms with van der Waals surface area (Å²) in [6.45, 7) is 16.1. The predicted octanol–water partition coefficient (Wildman–Crippen LogP) is 6.50. The molecule has 0 fully saturated rings. The van der Waals surface area contributed by atoms with E-state index in [-0.39, 0.29) is 11.9 Å². The Morgan fingerprint density at radius 2 is 1.06 bits per heavy atom. The van der Waals surface area contributed by atoms with Crippen molar-refractivity contribution >= 4 is 55.7 Å². The molecule has 0 aromatic rings. The Labute approximate surface area is 132 Å². The third-order valence-electron chi connectivity index (χ3n) is 3.07. The van der Waals surface area contributed by atoms with Crippen molar-refractivity contribution in [2.75, 3.05) is 0 Å². The Hall–Kier alpha value is 1.85. The SMILES string of the molecule is CC(C)(C)[Si](Cl)(Cl)[O][Sn]([Cl])([C](C)(C)C)[C](C)(C)C. The Kier molecular flexibility index (Phi) is 6.13. The second kappa shape index (κ2) is 5.56. The topological polar surface area (TPSA) is 9.23 Å². The first kappa shape index (κ1) is 19.8. The van der Waals surface area contributed by atoms with Gasteiger partial charge in [0.1, 0.15) is 0 Å². The molecular formula is C12H27Cl3OSiSn. The zero-order valence-corrected chi connectivity index (χ0v) is 19.2. The van der Waals surface area contributed by atoms with Gasteiger partial charge in [-0.15, -0.1) is 0 Å². The van der Waals surface area contributed by atoms with Crippen molar-refractivity contribution < 1.29 is 2.76 Å². The summed E-state index contributed by atoms with van der Waals surface area (Å²) in [6.07, 6.45) is 0. The van der Waals surface area contributed by atoms with Crippen molar-refractivity contribution in [1.29, 1.82) is 0 Å². The normalized spacial score (nSPS) is 16.0. The third kappa shape index (κ3) is 4.17. The van der Waals surface area contributed by atoms with Crippen LogP contribution in [0.25, 0.3) is 0 Å². The molecule has 0 saturated heterocycles. The molecule has 0 bridgehead atoms. The Morgan fingerprint density at radius 1 is 0.778 bits per heavy atom. The van der Waals surface area contributed by atoms with Gasteiger partial charge in [-0.2, -0.15) is 0 Å². The van der Waals surface area contributed by atoms with E-state index >= 15 is 0 Å². The van der Waals surface area contributed by atoms with Crippen LogP contribution in [0.15, 0.2) is 0 Å². The molecule has 0 N–H and O–H groups in total. The van der Waals surface area contributed by atoms with E-state index in [2.05, 4.69) is 41.5 Å². The summed E-state index contributed by atoms with van der Waals surface area (Å²) < 4.78 is 6.23. The molecule has 0 saturated carbocycles. The van der Waals surface area contributed by atoms with Crippen molar-refractivity contribution in [3.63, 3.8) is 0 Å². The summed E-state index contributed by atoms with van der Waals surface area (Å²) in [5.74, 6) is 0. The van der Waals surface area contributed by atoms with Crippen molar-refractivity contribution in [2.24, 2.45) is 0 Å². The van der Waals surface area contributed by atoms with Crippen LogP contribution in [-0.2, 0) is 2.76 Å². The molecular weight excluding hydrogens is 413 g/mol. The Morgan fingerprint density at radius 3 is 1.22 bits per heavy atom. The fourth-order valence-corrected chi connectivity index (χ4v) is 28.9. The van der Waals surface area contributed by atoms with E-state index in [1.165, 1.54) is 0 Å². The first-order chi connectivity index (χ1) is 7.46. The molecule has 0 amide bonds. The van der Waals surface area contributed by atoms with Crippen LogP contribution in [0.5, 0.6) is 0 Å². The summed E-state index contributed by atoms with van der Waals surface area (Å²) in [6, 6.07) is 0. The van der Waals surface area contributed by atoms with Gasteiger partial charge in [-0.25, -0.2) is 0 Å². The standard InChI is InChI=1S/C4H9Cl2OSi.2C4H9.ClH.Sn/c1-4(2,3)8(5,6)7;2*1-4(2)3;;/h1-3H3;2*1-3H3;1H;/q-1;;;;+2/p-1. The molecule has 18 heavy (non-hydrogen) atoms. The van der Waals surface area contributed by atoms with Crippen LogP contribution in [0.3, 0.4) is 0 Å². The molecule has 0 aliphatic rings. The monoisotopic (exact) mass is 440 g/mol. The van der Waals surface area contributed by atoms with Crippen LogP contribution in [0, 0.1) is 0 Å². The minimum absolute atomic E-state index is 0.0677. The van der Waals surface area contributed by atoms with E-state index in [1.54, 1.807) is 0 Å². The molecule has 0 rings (SSSR count). The molecule has 0 aromatic carbocycles. The number of halogens is 3. The van der Waals surface area contributed by atoms with E-state index in [4.69, 9.17) is 33.8 Å². The van der Waals surface area contributed by atoms with Crippen molar-refractivity contribution in [3.05, 3.63) is 0 Å². The average Bonchev–Trinajstić information content (AvgIpc) is 1.95. The minimum atomic E-state index is -3.51. The maximum atomic E-state index is 7.04. The van der Waals surface area contributed by atoms with Gasteiger partial charge in [0.25, 0.3) is 0 Å². The Balaban J connectivity index is 5.58. The van der Waals surface area contributed by atoms with Gasteiger partial charge in [-0.1, -0.05) is 0 Å². The van der Waals surface area contributed by atoms with Gasteiger partial charge < -0.3 is 0 Å². The van der Waals surface area contributed by atoms with Gasteiger partial charge in [-0.05, 0) is 0 Å². The van der Waals surface area contributed by atoms with E-state index < -0.39 is 24.6 Å². The molecule has 0 aliphatic heterocycles. The molecule has 1 nitrogen and oxygen atoms in total. The van der Waals surface area contributed by atoms with Crippen LogP contribution < -0.4 is 0 Å². The van der Waals surface area contributed by atoms with Crippen LogP contribution in [0.2, 0.25) is 11.9 Å². The molecule has 0 radical (unpaired) electrons. The number of hydrogen-bond donors (Lipinski definition) is 0. The van der Waals surface area contributed by atoms with Gasteiger partial charge in [0.15, 0.2) is 0 Å². The molecule has 0 atom stereocenters. The number of hydrogen-bond acceptors (Lipinski definition) is 1. The van der Waals surface area contributed by atoms with E-state index in [1.807, 2.05) is 20.8 Å². The molecule has 0 spiro atoms. The van der Waals surface area contributed by atoms with Crippen molar-refractivity contribution in [3.8, 4) is 0 Å². The van der Waals surface area contributed by atoms with Crippen LogP contribution in [0.4, 0.5) is 0 Å². The fraction of sp³-hybridized carbons (Fsp3) is 1.00. The van der Waals surface area contributed by atoms with Crippen molar-refractivity contribution in [2.45, 2.75) is 74.2 Å². The Bertz CT molecular complexity index is 286. The molecule has 6 heteroatoms. The first-order valence-electron chi connectivity index (χ1n) is 6.23. The van der Waals surface area contributed by atoms with Gasteiger partial charge in [0, 0.05) is 0 Å². The molecule has 0 heterocycles. The van der Waals surface area contributed by atoms with E-state index in [9.17, 15) is 0 Å². The zero-order chi connectivity index (χ0) is 15.2. The van der Waals surface area contributed by atoms with Crippen molar-refractivity contribution in [1.82, 2.24) is 0 Å². The van der Waals surface area contributed by atoms with Gasteiger partial charge >= 0.3 is 133 Å². The molecule has 110 valence electrons. The van der Waals surface area contributed by atoms with Gasteiger partial charge in [-0.3, -0.25) is 0 Å². The zero-order valence-electron chi connectivity index (χ0n) is 13.0. The van der Waals surface area contributed by atoms with Crippen LogP contribution in [0.1, 0.15) is 62.3 Å². The summed E-state index contributed by atoms with van der Waals surface area (Å²) in [5, 5.41) is -0.246. The van der Waals surface area contributed by atoms with Crippen LogP contribution in [-0.4, -0.2) is 24.6 Å². The fourth-order valence-electron chi connectivity index (χ4n) is 1.76. The average molecular weight is 441 g/mol. The summed E-state index contributed by atoms with van der Waals surface area (Å²) in [5.41, 5.74) is 0. The predicted molar refractivity (Wildman–Crippen MR) is 89.3 cm³/mol. The van der Waals surface area contributed by atoms with Gasteiger partial charge in [0.2, 0.25) is 0 Å².